The van der Waals surface area contributed by atoms with Crippen LogP contribution in [0, 0.1) is 0 Å². The summed E-state index contributed by atoms with van der Waals surface area (Å²) in [4.78, 5) is 19.2. The number of nitrogens with zero attached hydrogens (tertiary/aromatic N) is 3. The van der Waals surface area contributed by atoms with Crippen LogP contribution in [-0.4, -0.2) is 41.1 Å². The Morgan fingerprint density at radius 2 is 2.21 bits per heavy atom. The SMILES string of the molecule is COc1ccccc1NC(=O)c1cc([C@H]2CCCN(Cc3cccnc3)C2)no1. The molecular weight excluding hydrogens is 368 g/mol. The fourth-order valence-electron chi connectivity index (χ4n) is 3.71. The first-order chi connectivity index (χ1) is 14.2. The van der Waals surface area contributed by atoms with Crippen molar-refractivity contribution in [2.24, 2.45) is 0 Å². The van der Waals surface area contributed by atoms with Gasteiger partial charge in [-0.15, -0.1) is 0 Å². The first-order valence-electron chi connectivity index (χ1n) is 9.75. The molecule has 4 rings (SSSR count). The summed E-state index contributed by atoms with van der Waals surface area (Å²) >= 11 is 0. The number of pyridine rings is 1. The van der Waals surface area contributed by atoms with Gasteiger partial charge in [-0.3, -0.25) is 14.7 Å². The Hall–Kier alpha value is -3.19. The second-order valence-electron chi connectivity index (χ2n) is 7.21. The van der Waals surface area contributed by atoms with Crippen LogP contribution in [0.5, 0.6) is 5.75 Å². The highest BCUT2D eigenvalue weighted by molar-refractivity contribution is 6.03. The topological polar surface area (TPSA) is 80.5 Å². The number of likely N-dealkylation sites (tertiary alicyclic amines) is 1. The monoisotopic (exact) mass is 392 g/mol. The maximum atomic E-state index is 12.6. The third-order valence-electron chi connectivity index (χ3n) is 5.16. The van der Waals surface area contributed by atoms with Gasteiger partial charge in [-0.2, -0.15) is 0 Å². The third kappa shape index (κ3) is 4.63. The standard InChI is InChI=1S/C22H24N4O3/c1-28-20-9-3-2-8-18(20)24-22(27)21-12-19(25-29-21)17-7-5-11-26(15-17)14-16-6-4-10-23-13-16/h2-4,6,8-10,12-13,17H,5,7,11,14-15H2,1H3,(H,24,27)/t17-/m0/s1. The Morgan fingerprint density at radius 3 is 3.03 bits per heavy atom. The first-order valence-corrected chi connectivity index (χ1v) is 9.75. The molecule has 1 amide bonds. The molecule has 150 valence electrons. The Bertz CT molecular complexity index is 957. The van der Waals surface area contributed by atoms with Crippen LogP contribution in [0.1, 0.15) is 40.6 Å². The van der Waals surface area contributed by atoms with Crippen LogP contribution in [0.3, 0.4) is 0 Å². The predicted molar refractivity (Wildman–Crippen MR) is 109 cm³/mol. The van der Waals surface area contributed by atoms with Crippen molar-refractivity contribution in [3.05, 3.63) is 71.9 Å². The second kappa shape index (κ2) is 8.87. The number of piperidine rings is 1. The molecule has 7 heteroatoms. The normalized spacial score (nSPS) is 17.1. The molecule has 2 aromatic heterocycles. The molecule has 29 heavy (non-hydrogen) atoms. The van der Waals surface area contributed by atoms with Crippen molar-refractivity contribution in [2.45, 2.75) is 25.3 Å². The zero-order valence-electron chi connectivity index (χ0n) is 16.4. The van der Waals surface area contributed by atoms with Crippen molar-refractivity contribution in [1.82, 2.24) is 15.0 Å². The molecule has 1 aliphatic rings. The van der Waals surface area contributed by atoms with E-state index in [9.17, 15) is 4.79 Å². The molecule has 0 bridgehead atoms. The lowest BCUT2D eigenvalue weighted by Crippen LogP contribution is -2.34. The Morgan fingerprint density at radius 1 is 1.31 bits per heavy atom. The van der Waals surface area contributed by atoms with Crippen LogP contribution < -0.4 is 10.1 Å². The zero-order chi connectivity index (χ0) is 20.1. The van der Waals surface area contributed by atoms with Crippen molar-refractivity contribution in [3.8, 4) is 5.75 Å². The minimum Gasteiger partial charge on any atom is -0.495 e. The van der Waals surface area contributed by atoms with Crippen LogP contribution in [0.25, 0.3) is 0 Å². The van der Waals surface area contributed by atoms with E-state index in [1.807, 2.05) is 24.4 Å². The van der Waals surface area contributed by atoms with Gasteiger partial charge in [0.1, 0.15) is 5.75 Å². The summed E-state index contributed by atoms with van der Waals surface area (Å²) in [6, 6.07) is 13.1. The second-order valence-corrected chi connectivity index (χ2v) is 7.21. The molecule has 0 saturated carbocycles. The van der Waals surface area contributed by atoms with Crippen LogP contribution in [-0.2, 0) is 6.54 Å². The number of aromatic nitrogens is 2. The van der Waals surface area contributed by atoms with E-state index < -0.39 is 0 Å². The van der Waals surface area contributed by atoms with Crippen LogP contribution in [0.4, 0.5) is 5.69 Å². The lowest BCUT2D eigenvalue weighted by atomic mass is 9.94. The molecule has 1 saturated heterocycles. The summed E-state index contributed by atoms with van der Waals surface area (Å²) in [5, 5.41) is 7.00. The smallest absolute Gasteiger partial charge is 0.294 e. The molecule has 0 radical (unpaired) electrons. The summed E-state index contributed by atoms with van der Waals surface area (Å²) in [5.41, 5.74) is 2.62. The van der Waals surface area contributed by atoms with Gasteiger partial charge in [-0.05, 0) is 43.1 Å². The summed E-state index contributed by atoms with van der Waals surface area (Å²) in [6.45, 7) is 2.79. The highest BCUT2D eigenvalue weighted by Gasteiger charge is 2.25. The van der Waals surface area contributed by atoms with E-state index in [1.54, 1.807) is 31.5 Å². The van der Waals surface area contributed by atoms with E-state index in [-0.39, 0.29) is 17.6 Å². The third-order valence-corrected chi connectivity index (χ3v) is 5.16. The van der Waals surface area contributed by atoms with E-state index in [4.69, 9.17) is 9.26 Å². The van der Waals surface area contributed by atoms with Crippen LogP contribution >= 0.6 is 0 Å². The molecule has 0 unspecified atom stereocenters. The molecule has 1 fully saturated rings. The van der Waals surface area contributed by atoms with Crippen LogP contribution in [0.15, 0.2) is 59.4 Å². The average molecular weight is 392 g/mol. The minimum atomic E-state index is -0.337. The number of benzene rings is 1. The molecule has 1 aliphatic heterocycles. The maximum Gasteiger partial charge on any atom is 0.294 e. The van der Waals surface area contributed by atoms with Gasteiger partial charge in [0.15, 0.2) is 0 Å². The van der Waals surface area contributed by atoms with Gasteiger partial charge >= 0.3 is 0 Å². The molecule has 1 aromatic carbocycles. The average Bonchev–Trinajstić information content (AvgIpc) is 3.26. The summed E-state index contributed by atoms with van der Waals surface area (Å²) in [7, 11) is 1.57. The van der Waals surface area contributed by atoms with Gasteiger partial charge < -0.3 is 14.6 Å². The van der Waals surface area contributed by atoms with Gasteiger partial charge in [0.05, 0.1) is 18.5 Å². The first kappa shape index (κ1) is 19.1. The van der Waals surface area contributed by atoms with E-state index in [0.29, 0.717) is 11.4 Å². The molecule has 3 heterocycles. The number of anilines is 1. The largest absolute Gasteiger partial charge is 0.495 e. The number of nitrogens with one attached hydrogen (secondary N) is 1. The lowest BCUT2D eigenvalue weighted by Gasteiger charge is -2.31. The van der Waals surface area contributed by atoms with Crippen molar-refractivity contribution in [1.29, 1.82) is 0 Å². The van der Waals surface area contributed by atoms with Crippen molar-refractivity contribution in [2.75, 3.05) is 25.5 Å². The van der Waals surface area contributed by atoms with Crippen molar-refractivity contribution >= 4 is 11.6 Å². The molecular formula is C22H24N4O3. The molecule has 3 aromatic rings. The number of carbonyl (C=O) groups is 1. The Balaban J connectivity index is 1.41. The summed E-state index contributed by atoms with van der Waals surface area (Å²) in [5.74, 6) is 0.711. The fraction of sp³-hybridized carbons (Fsp3) is 0.318. The van der Waals surface area contributed by atoms with Gasteiger partial charge in [0, 0.05) is 37.5 Å². The molecule has 7 nitrogen and oxygen atoms in total. The highest BCUT2D eigenvalue weighted by atomic mass is 16.5. The minimum absolute atomic E-state index is 0.204. The summed E-state index contributed by atoms with van der Waals surface area (Å²) in [6.07, 6.45) is 5.81. The molecule has 1 atom stereocenters. The number of ether oxygens (including phenoxy) is 1. The molecule has 0 aliphatic carbocycles. The Kier molecular flexibility index (Phi) is 5.86. The number of hydrogen-bond donors (Lipinski definition) is 1. The van der Waals surface area contributed by atoms with E-state index in [1.165, 1.54) is 5.56 Å². The number of carbonyl (C=O) groups excluding carboxylic acids is 1. The van der Waals surface area contributed by atoms with Gasteiger partial charge in [0.25, 0.3) is 5.91 Å². The number of rotatable bonds is 6. The van der Waals surface area contributed by atoms with E-state index in [2.05, 4.69) is 26.4 Å². The van der Waals surface area contributed by atoms with Gasteiger partial charge in [0.2, 0.25) is 5.76 Å². The molecule has 1 N–H and O–H groups in total. The van der Waals surface area contributed by atoms with Gasteiger partial charge in [-0.25, -0.2) is 0 Å². The van der Waals surface area contributed by atoms with E-state index in [0.717, 1.165) is 38.2 Å². The maximum absolute atomic E-state index is 12.6. The van der Waals surface area contributed by atoms with Crippen molar-refractivity contribution in [3.63, 3.8) is 0 Å². The predicted octanol–water partition coefficient (Wildman–Crippen LogP) is 3.71. The van der Waals surface area contributed by atoms with Crippen molar-refractivity contribution < 1.29 is 14.1 Å². The summed E-state index contributed by atoms with van der Waals surface area (Å²) < 4.78 is 10.6. The lowest BCUT2D eigenvalue weighted by molar-refractivity contribution is 0.0987. The van der Waals surface area contributed by atoms with Crippen LogP contribution in [0.2, 0.25) is 0 Å². The van der Waals surface area contributed by atoms with E-state index >= 15 is 0 Å². The fourth-order valence-corrected chi connectivity index (χ4v) is 3.71. The number of hydrogen-bond acceptors (Lipinski definition) is 6. The zero-order valence-corrected chi connectivity index (χ0v) is 16.4. The number of para-hydroxylation sites is 2. The Labute approximate surface area is 169 Å². The molecule has 0 spiro atoms. The quantitative estimate of drug-likeness (QED) is 0.689. The number of methoxy groups -OCH3 is 1. The number of amides is 1. The highest BCUT2D eigenvalue weighted by Crippen LogP contribution is 2.28. The van der Waals surface area contributed by atoms with Gasteiger partial charge in [-0.1, -0.05) is 23.4 Å².